The summed E-state index contributed by atoms with van der Waals surface area (Å²) < 4.78 is 6.08. The van der Waals surface area contributed by atoms with Crippen LogP contribution < -0.4 is 15.4 Å². The molecule has 5 nitrogen and oxygen atoms in total. The van der Waals surface area contributed by atoms with Crippen molar-refractivity contribution in [3.63, 3.8) is 0 Å². The highest BCUT2D eigenvalue weighted by atomic mass is 79.9. The number of methoxy groups -OCH3 is 1. The number of nitrogens with one attached hydrogen (secondary N) is 2. The molecule has 0 saturated carbocycles. The fraction of sp³-hybridized carbons (Fsp3) is 0.158. The maximum Gasteiger partial charge on any atom is 0.267 e. The third-order valence-corrected chi connectivity index (χ3v) is 4.26. The van der Waals surface area contributed by atoms with E-state index in [1.807, 2.05) is 30.3 Å². The summed E-state index contributed by atoms with van der Waals surface area (Å²) in [4.78, 5) is 12.2. The first-order chi connectivity index (χ1) is 12.5. The molecule has 0 bridgehead atoms. The van der Waals surface area contributed by atoms with E-state index in [0.717, 1.165) is 16.5 Å². The fourth-order valence-corrected chi connectivity index (χ4v) is 2.88. The monoisotopic (exact) mass is 433 g/mol. The molecule has 0 saturated heterocycles. The number of halogens is 2. The summed E-state index contributed by atoms with van der Waals surface area (Å²) in [6.07, 6.45) is 2.18. The minimum atomic E-state index is -0.510. The Morgan fingerprint density at radius 3 is 2.81 bits per heavy atom. The van der Waals surface area contributed by atoms with Gasteiger partial charge >= 0.3 is 0 Å². The Hall–Kier alpha value is -2.49. The summed E-state index contributed by atoms with van der Waals surface area (Å²) >= 11 is 9.45. The zero-order valence-corrected chi connectivity index (χ0v) is 16.4. The number of carbonyl (C=O) groups excluding carboxylic acids is 1. The van der Waals surface area contributed by atoms with E-state index in [4.69, 9.17) is 16.3 Å². The number of anilines is 1. The van der Waals surface area contributed by atoms with Crippen molar-refractivity contribution < 1.29 is 9.53 Å². The van der Waals surface area contributed by atoms with Gasteiger partial charge in [0.25, 0.3) is 5.91 Å². The molecule has 26 heavy (non-hydrogen) atoms. The number of ether oxygens (including phenoxy) is 1. The topological polar surface area (TPSA) is 74.1 Å². The van der Waals surface area contributed by atoms with Crippen molar-refractivity contribution in [2.24, 2.45) is 0 Å². The van der Waals surface area contributed by atoms with Crippen LogP contribution in [0.3, 0.4) is 0 Å². The predicted molar refractivity (Wildman–Crippen MR) is 106 cm³/mol. The van der Waals surface area contributed by atoms with Crippen molar-refractivity contribution in [2.75, 3.05) is 19.0 Å². The Labute approximate surface area is 165 Å². The van der Waals surface area contributed by atoms with Crippen LogP contribution in [-0.4, -0.2) is 19.6 Å². The van der Waals surface area contributed by atoms with E-state index in [9.17, 15) is 10.1 Å². The van der Waals surface area contributed by atoms with Crippen LogP contribution in [0.5, 0.6) is 5.75 Å². The zero-order chi connectivity index (χ0) is 18.9. The molecule has 2 aromatic carbocycles. The molecule has 0 radical (unpaired) electrons. The smallest absolute Gasteiger partial charge is 0.267 e. The van der Waals surface area contributed by atoms with E-state index < -0.39 is 5.91 Å². The Morgan fingerprint density at radius 2 is 2.15 bits per heavy atom. The summed E-state index contributed by atoms with van der Waals surface area (Å²) in [5, 5.41) is 15.2. The highest BCUT2D eigenvalue weighted by molar-refractivity contribution is 9.10. The normalized spacial score (nSPS) is 10.8. The quantitative estimate of drug-likeness (QED) is 0.387. The third kappa shape index (κ3) is 5.80. The van der Waals surface area contributed by atoms with Gasteiger partial charge in [0.1, 0.15) is 17.4 Å². The lowest BCUT2D eigenvalue weighted by Gasteiger charge is -2.08. The fourth-order valence-electron chi connectivity index (χ4n) is 2.17. The Bertz CT molecular complexity index is 862. The van der Waals surface area contributed by atoms with Crippen LogP contribution in [0.25, 0.3) is 0 Å². The van der Waals surface area contributed by atoms with Crippen molar-refractivity contribution in [2.45, 2.75) is 6.42 Å². The van der Waals surface area contributed by atoms with E-state index in [1.165, 1.54) is 13.3 Å². The van der Waals surface area contributed by atoms with Crippen LogP contribution in [0, 0.1) is 11.3 Å². The summed E-state index contributed by atoms with van der Waals surface area (Å²) in [6.45, 7) is 0.600. The lowest BCUT2D eigenvalue weighted by atomic mass is 10.1. The molecule has 2 N–H and O–H groups in total. The largest absolute Gasteiger partial charge is 0.495 e. The maximum atomic E-state index is 12.2. The molecule has 0 aliphatic rings. The number of hydrogen-bond donors (Lipinski definition) is 2. The number of carbonyl (C=O) groups is 1. The second-order valence-corrected chi connectivity index (χ2v) is 6.63. The van der Waals surface area contributed by atoms with Gasteiger partial charge in [-0.25, -0.2) is 0 Å². The lowest BCUT2D eigenvalue weighted by molar-refractivity contribution is -0.112. The first kappa shape index (κ1) is 19.8. The molecule has 1 amide bonds. The Morgan fingerprint density at radius 1 is 1.35 bits per heavy atom. The number of nitrogens with zero attached hydrogens (tertiary/aromatic N) is 1. The van der Waals surface area contributed by atoms with Gasteiger partial charge < -0.3 is 15.4 Å². The average Bonchev–Trinajstić information content (AvgIpc) is 2.62. The molecular formula is C19H17BrClN3O2. The van der Waals surface area contributed by atoms with Crippen molar-refractivity contribution >= 4 is 39.1 Å². The van der Waals surface area contributed by atoms with Crippen LogP contribution in [0.15, 0.2) is 58.7 Å². The number of hydrogen-bond acceptors (Lipinski definition) is 4. The first-order valence-corrected chi connectivity index (χ1v) is 8.93. The maximum absolute atomic E-state index is 12.2. The molecule has 2 aromatic rings. The van der Waals surface area contributed by atoms with E-state index in [0.29, 0.717) is 23.0 Å². The Kier molecular flexibility index (Phi) is 7.52. The number of benzene rings is 2. The van der Waals surface area contributed by atoms with Crippen LogP contribution in [0.1, 0.15) is 5.56 Å². The third-order valence-electron chi connectivity index (χ3n) is 3.47. The highest BCUT2D eigenvalue weighted by Gasteiger charge is 2.10. The Balaban J connectivity index is 1.92. The van der Waals surface area contributed by atoms with E-state index in [-0.39, 0.29) is 5.57 Å². The molecule has 0 atom stereocenters. The predicted octanol–water partition coefficient (Wildman–Crippen LogP) is 4.29. The van der Waals surface area contributed by atoms with Crippen LogP contribution >= 0.6 is 27.5 Å². The van der Waals surface area contributed by atoms with E-state index in [1.54, 1.807) is 18.2 Å². The molecular weight excluding hydrogens is 418 g/mol. The average molecular weight is 435 g/mol. The first-order valence-electron chi connectivity index (χ1n) is 7.76. The summed E-state index contributed by atoms with van der Waals surface area (Å²) in [5.74, 6) is -0.00128. The number of nitriles is 1. The van der Waals surface area contributed by atoms with Crippen molar-refractivity contribution in [1.82, 2.24) is 5.32 Å². The highest BCUT2D eigenvalue weighted by Crippen LogP contribution is 2.27. The van der Waals surface area contributed by atoms with Crippen LogP contribution in [0.2, 0.25) is 5.02 Å². The molecule has 0 aliphatic carbocycles. The molecule has 0 fully saturated rings. The van der Waals surface area contributed by atoms with Gasteiger partial charge in [-0.1, -0.05) is 39.7 Å². The molecule has 0 spiro atoms. The molecule has 7 heteroatoms. The van der Waals surface area contributed by atoms with Crippen molar-refractivity contribution in [3.05, 3.63) is 69.3 Å². The van der Waals surface area contributed by atoms with Crippen LogP contribution in [-0.2, 0) is 11.2 Å². The van der Waals surface area contributed by atoms with E-state index in [2.05, 4.69) is 26.6 Å². The minimum Gasteiger partial charge on any atom is -0.495 e. The van der Waals surface area contributed by atoms with Crippen molar-refractivity contribution in [3.8, 4) is 11.8 Å². The van der Waals surface area contributed by atoms with Gasteiger partial charge in [0.2, 0.25) is 0 Å². The molecule has 0 heterocycles. The second kappa shape index (κ2) is 9.85. The molecule has 0 aliphatic heterocycles. The van der Waals surface area contributed by atoms with Gasteiger partial charge in [0.15, 0.2) is 0 Å². The molecule has 0 unspecified atom stereocenters. The van der Waals surface area contributed by atoms with E-state index >= 15 is 0 Å². The SMILES string of the molecule is COc1ccc(NC(=O)/C(C#N)=C\NCCc2cccc(Br)c2)cc1Cl. The van der Waals surface area contributed by atoms with Gasteiger partial charge in [-0.3, -0.25) is 4.79 Å². The second-order valence-electron chi connectivity index (χ2n) is 5.31. The van der Waals surface area contributed by atoms with Gasteiger partial charge in [-0.15, -0.1) is 0 Å². The number of amides is 1. The summed E-state index contributed by atoms with van der Waals surface area (Å²) in [7, 11) is 1.51. The van der Waals surface area contributed by atoms with Gasteiger partial charge in [-0.2, -0.15) is 5.26 Å². The van der Waals surface area contributed by atoms with Crippen LogP contribution in [0.4, 0.5) is 5.69 Å². The standard InChI is InChI=1S/C19H17BrClN3O2/c1-26-18-6-5-16(10-17(18)21)24-19(25)14(11-22)12-23-8-7-13-3-2-4-15(20)9-13/h2-6,9-10,12,23H,7-8H2,1H3,(H,24,25)/b14-12-. The lowest BCUT2D eigenvalue weighted by Crippen LogP contribution is -2.18. The minimum absolute atomic E-state index is 0.0221. The molecule has 134 valence electrons. The summed E-state index contributed by atoms with van der Waals surface area (Å²) in [6, 6.07) is 14.7. The number of rotatable bonds is 7. The van der Waals surface area contributed by atoms with Gasteiger partial charge in [0.05, 0.1) is 12.1 Å². The molecule has 0 aromatic heterocycles. The molecule has 2 rings (SSSR count). The summed E-state index contributed by atoms with van der Waals surface area (Å²) in [5.41, 5.74) is 1.61. The zero-order valence-electron chi connectivity index (χ0n) is 14.1. The van der Waals surface area contributed by atoms with Crippen molar-refractivity contribution in [1.29, 1.82) is 5.26 Å². The van der Waals surface area contributed by atoms with Gasteiger partial charge in [0, 0.05) is 22.9 Å². The van der Waals surface area contributed by atoms with Gasteiger partial charge in [-0.05, 0) is 42.3 Å².